The number of amides is 1. The molecule has 1 amide bonds. The van der Waals surface area contributed by atoms with Crippen molar-refractivity contribution in [2.24, 2.45) is 0 Å². The third kappa shape index (κ3) is 4.77. The standard InChI is InChI=1S/C17H18FN3O3/c1-12-3-8-15(16(11-12)21(23)24)19-9-2-10-20-17(22)13-4-6-14(18)7-5-13/h3-8,11,19H,2,9-10H2,1H3,(H,20,22). The average molecular weight is 331 g/mol. The number of anilines is 1. The van der Waals surface area contributed by atoms with Gasteiger partial charge in [-0.1, -0.05) is 6.07 Å². The van der Waals surface area contributed by atoms with Gasteiger partial charge in [-0.25, -0.2) is 4.39 Å². The first-order valence-electron chi connectivity index (χ1n) is 7.50. The number of nitro benzene ring substituents is 1. The molecule has 0 saturated heterocycles. The van der Waals surface area contributed by atoms with E-state index in [0.29, 0.717) is 30.8 Å². The maximum absolute atomic E-state index is 12.8. The molecule has 7 heteroatoms. The molecule has 0 bridgehead atoms. The number of nitrogens with zero attached hydrogens (tertiary/aromatic N) is 1. The highest BCUT2D eigenvalue weighted by Crippen LogP contribution is 2.25. The van der Waals surface area contributed by atoms with Crippen molar-refractivity contribution in [3.8, 4) is 0 Å². The van der Waals surface area contributed by atoms with Crippen molar-refractivity contribution in [3.05, 3.63) is 69.5 Å². The van der Waals surface area contributed by atoms with E-state index in [0.717, 1.165) is 5.56 Å². The normalized spacial score (nSPS) is 10.2. The third-order valence-corrected chi connectivity index (χ3v) is 3.41. The number of nitro groups is 1. The van der Waals surface area contributed by atoms with E-state index in [2.05, 4.69) is 10.6 Å². The van der Waals surface area contributed by atoms with Crippen molar-refractivity contribution in [2.75, 3.05) is 18.4 Å². The van der Waals surface area contributed by atoms with Crippen molar-refractivity contribution in [1.29, 1.82) is 0 Å². The first-order valence-corrected chi connectivity index (χ1v) is 7.50. The summed E-state index contributed by atoms with van der Waals surface area (Å²) in [5.41, 5.74) is 1.69. The number of hydrogen-bond acceptors (Lipinski definition) is 4. The van der Waals surface area contributed by atoms with E-state index in [1.165, 1.54) is 30.3 Å². The zero-order chi connectivity index (χ0) is 17.5. The van der Waals surface area contributed by atoms with E-state index in [1.807, 2.05) is 0 Å². The van der Waals surface area contributed by atoms with E-state index in [-0.39, 0.29) is 11.6 Å². The summed E-state index contributed by atoms with van der Waals surface area (Å²) in [6.45, 7) is 2.68. The Morgan fingerprint density at radius 3 is 2.54 bits per heavy atom. The highest BCUT2D eigenvalue weighted by atomic mass is 19.1. The summed E-state index contributed by atoms with van der Waals surface area (Å²) in [6.07, 6.45) is 0.595. The van der Waals surface area contributed by atoms with Crippen molar-refractivity contribution >= 4 is 17.3 Å². The van der Waals surface area contributed by atoms with Gasteiger partial charge in [-0.3, -0.25) is 14.9 Å². The predicted octanol–water partition coefficient (Wildman–Crippen LogP) is 3.27. The van der Waals surface area contributed by atoms with Crippen LogP contribution in [-0.2, 0) is 0 Å². The molecule has 0 atom stereocenters. The molecule has 126 valence electrons. The van der Waals surface area contributed by atoms with Crippen LogP contribution in [0.5, 0.6) is 0 Å². The van der Waals surface area contributed by atoms with Crippen molar-refractivity contribution in [2.45, 2.75) is 13.3 Å². The molecule has 0 spiro atoms. The fourth-order valence-electron chi connectivity index (χ4n) is 2.16. The number of halogens is 1. The van der Waals surface area contributed by atoms with Crippen molar-refractivity contribution < 1.29 is 14.1 Å². The van der Waals surface area contributed by atoms with E-state index in [1.54, 1.807) is 19.1 Å². The maximum atomic E-state index is 12.8. The number of nitrogens with one attached hydrogen (secondary N) is 2. The number of carbonyl (C=O) groups is 1. The van der Waals surface area contributed by atoms with Gasteiger partial charge in [-0.15, -0.1) is 0 Å². The molecule has 6 nitrogen and oxygen atoms in total. The molecule has 24 heavy (non-hydrogen) atoms. The summed E-state index contributed by atoms with van der Waals surface area (Å²) < 4.78 is 12.8. The zero-order valence-electron chi connectivity index (χ0n) is 13.2. The minimum Gasteiger partial charge on any atom is -0.379 e. The average Bonchev–Trinajstić information content (AvgIpc) is 2.56. The first-order chi connectivity index (χ1) is 11.5. The molecule has 0 aliphatic heterocycles. The lowest BCUT2D eigenvalue weighted by molar-refractivity contribution is -0.384. The molecule has 0 radical (unpaired) electrons. The number of benzene rings is 2. The molecule has 0 aliphatic rings. The summed E-state index contributed by atoms with van der Waals surface area (Å²) in [5.74, 6) is -0.674. The molecule has 0 saturated carbocycles. The van der Waals surface area contributed by atoms with Crippen LogP contribution in [0, 0.1) is 22.9 Å². The third-order valence-electron chi connectivity index (χ3n) is 3.41. The monoisotopic (exact) mass is 331 g/mol. The van der Waals surface area contributed by atoms with Crippen LogP contribution < -0.4 is 10.6 Å². The molecule has 0 unspecified atom stereocenters. The molecule has 2 N–H and O–H groups in total. The Morgan fingerprint density at radius 1 is 1.17 bits per heavy atom. The molecule has 2 rings (SSSR count). The molecule has 0 fully saturated rings. The van der Waals surface area contributed by atoms with Gasteiger partial charge in [0, 0.05) is 24.7 Å². The molecule has 2 aromatic rings. The fourth-order valence-corrected chi connectivity index (χ4v) is 2.16. The van der Waals surface area contributed by atoms with Gasteiger partial charge in [0.25, 0.3) is 11.6 Å². The van der Waals surface area contributed by atoms with E-state index >= 15 is 0 Å². The smallest absolute Gasteiger partial charge is 0.292 e. The van der Waals surface area contributed by atoms with E-state index in [4.69, 9.17) is 0 Å². The van der Waals surface area contributed by atoms with Crippen molar-refractivity contribution in [3.63, 3.8) is 0 Å². The van der Waals surface area contributed by atoms with Crippen LogP contribution in [0.25, 0.3) is 0 Å². The minimum absolute atomic E-state index is 0.0327. The van der Waals surface area contributed by atoms with Crippen LogP contribution in [0.2, 0.25) is 0 Å². The van der Waals surface area contributed by atoms with Crippen LogP contribution in [0.3, 0.4) is 0 Å². The molecular weight excluding hydrogens is 313 g/mol. The summed E-state index contributed by atoms with van der Waals surface area (Å²) >= 11 is 0. The second-order valence-corrected chi connectivity index (χ2v) is 5.32. The van der Waals surface area contributed by atoms with Gasteiger partial charge < -0.3 is 10.6 Å². The fraction of sp³-hybridized carbons (Fsp3) is 0.235. The highest BCUT2D eigenvalue weighted by Gasteiger charge is 2.13. The molecule has 0 heterocycles. The number of carbonyl (C=O) groups excluding carboxylic acids is 1. The molecule has 2 aromatic carbocycles. The van der Waals surface area contributed by atoms with Crippen molar-refractivity contribution in [1.82, 2.24) is 5.32 Å². The summed E-state index contributed by atoms with van der Waals surface area (Å²) in [7, 11) is 0. The summed E-state index contributed by atoms with van der Waals surface area (Å²) in [4.78, 5) is 22.4. The Balaban J connectivity index is 1.78. The Labute approximate surface area is 138 Å². The minimum atomic E-state index is -0.425. The largest absolute Gasteiger partial charge is 0.379 e. The van der Waals surface area contributed by atoms with Gasteiger partial charge in [0.15, 0.2) is 0 Å². The molecule has 0 aliphatic carbocycles. The Kier molecular flexibility index (Phi) is 5.83. The molecular formula is C17H18FN3O3. The number of hydrogen-bond donors (Lipinski definition) is 2. The lowest BCUT2D eigenvalue weighted by Crippen LogP contribution is -2.25. The zero-order valence-corrected chi connectivity index (χ0v) is 13.2. The quantitative estimate of drug-likeness (QED) is 0.463. The Morgan fingerprint density at radius 2 is 1.88 bits per heavy atom. The van der Waals surface area contributed by atoms with Gasteiger partial charge >= 0.3 is 0 Å². The van der Waals surface area contributed by atoms with Crippen LogP contribution in [0.15, 0.2) is 42.5 Å². The van der Waals surface area contributed by atoms with Gasteiger partial charge in [0.2, 0.25) is 0 Å². The second-order valence-electron chi connectivity index (χ2n) is 5.32. The first kappa shape index (κ1) is 17.4. The van der Waals surface area contributed by atoms with E-state index < -0.39 is 10.7 Å². The van der Waals surface area contributed by atoms with Crippen LogP contribution >= 0.6 is 0 Å². The second kappa shape index (κ2) is 8.05. The van der Waals surface area contributed by atoms with Crippen LogP contribution in [0.4, 0.5) is 15.8 Å². The van der Waals surface area contributed by atoms with Crippen LogP contribution in [0.1, 0.15) is 22.3 Å². The maximum Gasteiger partial charge on any atom is 0.292 e. The Hall–Kier alpha value is -2.96. The summed E-state index contributed by atoms with van der Waals surface area (Å²) in [6, 6.07) is 10.3. The van der Waals surface area contributed by atoms with Crippen LogP contribution in [-0.4, -0.2) is 23.9 Å². The SMILES string of the molecule is Cc1ccc(NCCCNC(=O)c2ccc(F)cc2)c([N+](=O)[O-])c1. The number of rotatable bonds is 7. The van der Waals surface area contributed by atoms with E-state index in [9.17, 15) is 19.3 Å². The van der Waals surface area contributed by atoms with Gasteiger partial charge in [-0.2, -0.15) is 0 Å². The summed E-state index contributed by atoms with van der Waals surface area (Å²) in [5, 5.41) is 16.7. The highest BCUT2D eigenvalue weighted by molar-refractivity contribution is 5.94. The predicted molar refractivity (Wildman–Crippen MR) is 89.7 cm³/mol. The molecule has 0 aromatic heterocycles. The van der Waals surface area contributed by atoms with Gasteiger partial charge in [-0.05, 0) is 49.2 Å². The lowest BCUT2D eigenvalue weighted by Gasteiger charge is -2.09. The van der Waals surface area contributed by atoms with Gasteiger partial charge in [0.1, 0.15) is 11.5 Å². The van der Waals surface area contributed by atoms with Gasteiger partial charge in [0.05, 0.1) is 4.92 Å². The topological polar surface area (TPSA) is 84.3 Å². The lowest BCUT2D eigenvalue weighted by atomic mass is 10.2. The number of aryl methyl sites for hydroxylation is 1. The Bertz CT molecular complexity index is 732.